The molecule has 0 saturated heterocycles. The number of aliphatic hydroxyl groups is 1. The van der Waals surface area contributed by atoms with Gasteiger partial charge in [0.15, 0.2) is 0 Å². The van der Waals surface area contributed by atoms with E-state index in [0.29, 0.717) is 5.92 Å². The van der Waals surface area contributed by atoms with Crippen LogP contribution in [0.2, 0.25) is 0 Å². The van der Waals surface area contributed by atoms with Crippen molar-refractivity contribution in [2.24, 2.45) is 11.7 Å². The Hall–Kier alpha value is -0.120. The zero-order valence-electron chi connectivity index (χ0n) is 11.2. The summed E-state index contributed by atoms with van der Waals surface area (Å²) in [5.74, 6) is 0.681. The van der Waals surface area contributed by atoms with Crippen LogP contribution in [0.4, 0.5) is 0 Å². The molecule has 0 bridgehead atoms. The molecule has 1 saturated carbocycles. The molecule has 3 heteroatoms. The van der Waals surface area contributed by atoms with Crippen LogP contribution in [0.5, 0.6) is 0 Å². The summed E-state index contributed by atoms with van der Waals surface area (Å²) in [4.78, 5) is 0. The van der Waals surface area contributed by atoms with Crippen LogP contribution < -0.4 is 5.73 Å². The molecule has 2 atom stereocenters. The summed E-state index contributed by atoms with van der Waals surface area (Å²) < 4.78 is 5.83. The first-order chi connectivity index (χ1) is 8.27. The predicted octanol–water partition coefficient (Wildman–Crippen LogP) is 2.46. The van der Waals surface area contributed by atoms with E-state index in [-0.39, 0.29) is 18.8 Å². The lowest BCUT2D eigenvalue weighted by molar-refractivity contribution is -0.0218. The van der Waals surface area contributed by atoms with Crippen LogP contribution in [-0.4, -0.2) is 30.5 Å². The zero-order chi connectivity index (χ0) is 12.5. The van der Waals surface area contributed by atoms with E-state index >= 15 is 0 Å². The number of aliphatic hydroxyl groups excluding tert-OH is 1. The highest BCUT2D eigenvalue weighted by atomic mass is 16.5. The van der Waals surface area contributed by atoms with Gasteiger partial charge in [0.25, 0.3) is 0 Å². The van der Waals surface area contributed by atoms with Crippen molar-refractivity contribution in [1.29, 1.82) is 0 Å². The smallest absolute Gasteiger partial charge is 0.0956 e. The molecule has 0 spiro atoms. The highest BCUT2D eigenvalue weighted by Crippen LogP contribution is 2.23. The van der Waals surface area contributed by atoms with Gasteiger partial charge in [-0.05, 0) is 25.2 Å². The van der Waals surface area contributed by atoms with Gasteiger partial charge in [-0.3, -0.25) is 0 Å². The largest absolute Gasteiger partial charge is 0.394 e. The van der Waals surface area contributed by atoms with Crippen molar-refractivity contribution in [3.63, 3.8) is 0 Å². The Labute approximate surface area is 106 Å². The van der Waals surface area contributed by atoms with Crippen LogP contribution in [0, 0.1) is 5.92 Å². The molecule has 3 N–H and O–H groups in total. The molecule has 0 aromatic carbocycles. The van der Waals surface area contributed by atoms with Gasteiger partial charge in [-0.2, -0.15) is 0 Å². The van der Waals surface area contributed by atoms with Crippen LogP contribution >= 0.6 is 0 Å². The number of ether oxygens (including phenoxy) is 1. The van der Waals surface area contributed by atoms with Gasteiger partial charge in [-0.1, -0.05) is 39.0 Å². The Morgan fingerprint density at radius 2 is 1.88 bits per heavy atom. The molecule has 1 rings (SSSR count). The van der Waals surface area contributed by atoms with Crippen LogP contribution in [0.3, 0.4) is 0 Å². The minimum Gasteiger partial charge on any atom is -0.394 e. The number of hydrogen-bond acceptors (Lipinski definition) is 3. The van der Waals surface area contributed by atoms with Crippen molar-refractivity contribution in [2.45, 2.75) is 70.4 Å². The number of rotatable bonds is 7. The summed E-state index contributed by atoms with van der Waals surface area (Å²) in [6, 6.07) is -0.0178. The molecule has 1 aliphatic rings. The highest BCUT2D eigenvalue weighted by Gasteiger charge is 2.19. The molecule has 1 fully saturated rings. The van der Waals surface area contributed by atoms with E-state index < -0.39 is 0 Å². The van der Waals surface area contributed by atoms with Gasteiger partial charge in [0.05, 0.1) is 12.7 Å². The standard InChI is InChI=1S/C14H29NO2/c1-2-7-13(15)14(10-16)17-11-12-8-5-3-4-6-9-12/h12-14,16H,2-11,15H2,1H3. The van der Waals surface area contributed by atoms with Gasteiger partial charge in [0.1, 0.15) is 0 Å². The summed E-state index contributed by atoms with van der Waals surface area (Å²) in [6.45, 7) is 2.94. The van der Waals surface area contributed by atoms with Gasteiger partial charge in [-0.15, -0.1) is 0 Å². The normalized spacial score (nSPS) is 22.1. The van der Waals surface area contributed by atoms with Crippen molar-refractivity contribution < 1.29 is 9.84 Å². The van der Waals surface area contributed by atoms with E-state index in [1.165, 1.54) is 38.5 Å². The Kier molecular flexibility index (Phi) is 7.82. The predicted molar refractivity (Wildman–Crippen MR) is 70.9 cm³/mol. The van der Waals surface area contributed by atoms with Gasteiger partial charge >= 0.3 is 0 Å². The van der Waals surface area contributed by atoms with Crippen LogP contribution in [0.25, 0.3) is 0 Å². The lowest BCUT2D eigenvalue weighted by Gasteiger charge is -2.24. The monoisotopic (exact) mass is 243 g/mol. The summed E-state index contributed by atoms with van der Waals surface area (Å²) in [7, 11) is 0. The molecule has 2 unspecified atom stereocenters. The first-order valence-electron chi connectivity index (χ1n) is 7.26. The third-order valence-electron chi connectivity index (χ3n) is 3.80. The summed E-state index contributed by atoms with van der Waals surface area (Å²) in [5, 5.41) is 9.30. The van der Waals surface area contributed by atoms with Crippen molar-refractivity contribution in [2.75, 3.05) is 13.2 Å². The maximum absolute atomic E-state index is 9.30. The summed E-state index contributed by atoms with van der Waals surface area (Å²) >= 11 is 0. The summed E-state index contributed by atoms with van der Waals surface area (Å²) in [6.07, 6.45) is 9.77. The maximum atomic E-state index is 9.30. The first-order valence-corrected chi connectivity index (χ1v) is 7.26. The van der Waals surface area contributed by atoms with E-state index in [2.05, 4.69) is 6.92 Å². The lowest BCUT2D eigenvalue weighted by Crippen LogP contribution is -2.40. The molecule has 0 aliphatic heterocycles. The first kappa shape index (κ1) is 14.9. The molecule has 17 heavy (non-hydrogen) atoms. The van der Waals surface area contributed by atoms with Gasteiger partial charge in [0, 0.05) is 12.6 Å². The van der Waals surface area contributed by atoms with Crippen LogP contribution in [0.1, 0.15) is 58.3 Å². The van der Waals surface area contributed by atoms with Crippen LogP contribution in [0.15, 0.2) is 0 Å². The van der Waals surface area contributed by atoms with E-state index in [4.69, 9.17) is 10.5 Å². The van der Waals surface area contributed by atoms with Gasteiger partial charge in [0.2, 0.25) is 0 Å². The molecule has 0 aromatic heterocycles. The molecular formula is C14H29NO2. The molecule has 0 amide bonds. The van der Waals surface area contributed by atoms with Gasteiger partial charge < -0.3 is 15.6 Å². The number of nitrogens with two attached hydrogens (primary N) is 1. The SMILES string of the molecule is CCCC(N)C(CO)OCC1CCCCCC1. The average Bonchev–Trinajstić information content (AvgIpc) is 2.59. The molecule has 0 heterocycles. The Balaban J connectivity index is 2.25. The Bertz CT molecular complexity index is 179. The summed E-state index contributed by atoms with van der Waals surface area (Å²) in [5.41, 5.74) is 6.00. The third-order valence-corrected chi connectivity index (χ3v) is 3.80. The molecule has 102 valence electrons. The molecular weight excluding hydrogens is 214 g/mol. The average molecular weight is 243 g/mol. The number of hydrogen-bond donors (Lipinski definition) is 2. The third kappa shape index (κ3) is 5.84. The van der Waals surface area contributed by atoms with E-state index in [9.17, 15) is 5.11 Å². The minimum atomic E-state index is -0.168. The van der Waals surface area contributed by atoms with Crippen molar-refractivity contribution >= 4 is 0 Å². The molecule has 1 aliphatic carbocycles. The Morgan fingerprint density at radius 3 is 2.41 bits per heavy atom. The fourth-order valence-electron chi connectivity index (χ4n) is 2.62. The molecule has 0 radical (unpaired) electrons. The zero-order valence-corrected chi connectivity index (χ0v) is 11.2. The Morgan fingerprint density at radius 1 is 1.24 bits per heavy atom. The fraction of sp³-hybridized carbons (Fsp3) is 1.00. The fourth-order valence-corrected chi connectivity index (χ4v) is 2.62. The van der Waals surface area contributed by atoms with E-state index in [0.717, 1.165) is 19.4 Å². The molecule has 3 nitrogen and oxygen atoms in total. The second-order valence-electron chi connectivity index (χ2n) is 5.36. The topological polar surface area (TPSA) is 55.5 Å². The van der Waals surface area contributed by atoms with Crippen molar-refractivity contribution in [1.82, 2.24) is 0 Å². The maximum Gasteiger partial charge on any atom is 0.0956 e. The lowest BCUT2D eigenvalue weighted by atomic mass is 10.0. The van der Waals surface area contributed by atoms with E-state index in [1.807, 2.05) is 0 Å². The quantitative estimate of drug-likeness (QED) is 0.675. The minimum absolute atomic E-state index is 0.0178. The second kappa shape index (κ2) is 8.90. The van der Waals surface area contributed by atoms with Crippen molar-refractivity contribution in [3.05, 3.63) is 0 Å². The van der Waals surface area contributed by atoms with Gasteiger partial charge in [-0.25, -0.2) is 0 Å². The van der Waals surface area contributed by atoms with E-state index in [1.54, 1.807) is 0 Å². The highest BCUT2D eigenvalue weighted by molar-refractivity contribution is 4.73. The van der Waals surface area contributed by atoms with Crippen LogP contribution in [-0.2, 0) is 4.74 Å². The second-order valence-corrected chi connectivity index (χ2v) is 5.36. The molecule has 0 aromatic rings. The van der Waals surface area contributed by atoms with Crippen molar-refractivity contribution in [3.8, 4) is 0 Å².